The summed E-state index contributed by atoms with van der Waals surface area (Å²) in [5.74, 6) is -7.27. The lowest BCUT2D eigenvalue weighted by molar-refractivity contribution is -0.152. The van der Waals surface area contributed by atoms with Crippen LogP contribution in [0.15, 0.2) is 46.0 Å². The van der Waals surface area contributed by atoms with E-state index in [-0.39, 0.29) is 11.0 Å². The Kier molecular flexibility index (Phi) is 7.36. The van der Waals surface area contributed by atoms with E-state index in [0.717, 1.165) is 17.8 Å². The molecule has 0 radical (unpaired) electrons. The molecule has 12 heteroatoms. The zero-order valence-corrected chi connectivity index (χ0v) is 17.3. The normalized spacial score (nSPS) is 11.8. The van der Waals surface area contributed by atoms with Gasteiger partial charge in [-0.15, -0.1) is 0 Å². The second-order valence-electron chi connectivity index (χ2n) is 6.36. The number of hydrogen-bond acceptors (Lipinski definition) is 7. The number of esters is 1. The number of fused-ring (bicyclic) bond motifs is 1. The number of anilines is 1. The van der Waals surface area contributed by atoms with Gasteiger partial charge in [0, 0.05) is 0 Å². The lowest BCUT2D eigenvalue weighted by atomic mass is 10.2. The summed E-state index contributed by atoms with van der Waals surface area (Å²) in [6, 6.07) is 8.55. The van der Waals surface area contributed by atoms with Crippen LogP contribution in [0.4, 0.5) is 18.9 Å². The first-order valence-corrected chi connectivity index (χ1v) is 10.1. The van der Waals surface area contributed by atoms with Gasteiger partial charge in [0.1, 0.15) is 11.3 Å². The summed E-state index contributed by atoms with van der Waals surface area (Å²) >= 11 is 0.990. The van der Waals surface area contributed by atoms with Gasteiger partial charge in [0.25, 0.3) is 11.1 Å². The second kappa shape index (κ2) is 10.2. The number of carbonyl (C=O) groups is 3. The molecule has 1 heterocycles. The molecule has 2 aromatic carbocycles. The SMILES string of the molecule is CC(OC(=O)CSc1nc2ccccc2o1)C(=O)NCC(=O)Nc1ccc(F)c(F)c1F. The summed E-state index contributed by atoms with van der Waals surface area (Å²) in [5, 5.41) is 4.45. The van der Waals surface area contributed by atoms with E-state index in [1.54, 1.807) is 24.3 Å². The highest BCUT2D eigenvalue weighted by molar-refractivity contribution is 7.99. The molecule has 8 nitrogen and oxygen atoms in total. The van der Waals surface area contributed by atoms with E-state index < -0.39 is 53.6 Å². The minimum absolute atomic E-state index is 0.166. The van der Waals surface area contributed by atoms with Crippen LogP contribution in [-0.2, 0) is 19.1 Å². The molecule has 0 aliphatic carbocycles. The molecule has 1 atom stereocenters. The van der Waals surface area contributed by atoms with Crippen LogP contribution in [0.25, 0.3) is 11.1 Å². The highest BCUT2D eigenvalue weighted by Gasteiger charge is 2.20. The lowest BCUT2D eigenvalue weighted by Gasteiger charge is -2.13. The summed E-state index contributed by atoms with van der Waals surface area (Å²) in [5.41, 5.74) is 0.620. The molecule has 0 bridgehead atoms. The van der Waals surface area contributed by atoms with Crippen LogP contribution in [0.5, 0.6) is 0 Å². The molecule has 1 unspecified atom stereocenters. The molecule has 0 fully saturated rings. The predicted molar refractivity (Wildman–Crippen MR) is 108 cm³/mol. The number of oxazole rings is 1. The minimum atomic E-state index is -1.73. The van der Waals surface area contributed by atoms with Crippen LogP contribution in [0.2, 0.25) is 0 Å². The maximum atomic E-state index is 13.6. The lowest BCUT2D eigenvalue weighted by Crippen LogP contribution is -2.40. The Balaban J connectivity index is 1.42. The van der Waals surface area contributed by atoms with Crippen LogP contribution < -0.4 is 10.6 Å². The van der Waals surface area contributed by atoms with Crippen molar-refractivity contribution in [3.8, 4) is 0 Å². The maximum Gasteiger partial charge on any atom is 0.317 e. The fraction of sp³-hybridized carbons (Fsp3) is 0.200. The summed E-state index contributed by atoms with van der Waals surface area (Å²) in [4.78, 5) is 39.9. The quantitative estimate of drug-likeness (QED) is 0.298. The molecule has 3 rings (SSSR count). The fourth-order valence-corrected chi connectivity index (χ4v) is 3.07. The molecule has 2 N–H and O–H groups in total. The highest BCUT2D eigenvalue weighted by Crippen LogP contribution is 2.23. The van der Waals surface area contributed by atoms with Crippen molar-refractivity contribution in [1.82, 2.24) is 10.3 Å². The number of nitrogens with zero attached hydrogens (tertiary/aromatic N) is 1. The van der Waals surface area contributed by atoms with Crippen LogP contribution in [0.1, 0.15) is 6.92 Å². The Morgan fingerprint density at radius 2 is 1.88 bits per heavy atom. The molecule has 32 heavy (non-hydrogen) atoms. The smallest absolute Gasteiger partial charge is 0.317 e. The third kappa shape index (κ3) is 5.78. The highest BCUT2D eigenvalue weighted by atomic mass is 32.2. The van der Waals surface area contributed by atoms with E-state index >= 15 is 0 Å². The second-order valence-corrected chi connectivity index (χ2v) is 7.28. The van der Waals surface area contributed by atoms with E-state index in [1.165, 1.54) is 6.92 Å². The molecule has 0 saturated heterocycles. The summed E-state index contributed by atoms with van der Waals surface area (Å²) in [6.45, 7) is 0.682. The van der Waals surface area contributed by atoms with E-state index in [0.29, 0.717) is 17.2 Å². The number of halogens is 3. The largest absolute Gasteiger partial charge is 0.452 e. The molecule has 0 aliphatic heterocycles. The van der Waals surface area contributed by atoms with Gasteiger partial charge < -0.3 is 19.8 Å². The van der Waals surface area contributed by atoms with Crippen molar-refractivity contribution in [2.24, 2.45) is 0 Å². The Bertz CT molecular complexity index is 1140. The molecular formula is C20H16F3N3O5S. The number of rotatable bonds is 8. The molecule has 2 amide bonds. The van der Waals surface area contributed by atoms with Gasteiger partial charge in [0.15, 0.2) is 29.1 Å². The van der Waals surface area contributed by atoms with E-state index in [1.807, 2.05) is 5.32 Å². The van der Waals surface area contributed by atoms with Crippen molar-refractivity contribution in [2.45, 2.75) is 18.3 Å². The zero-order chi connectivity index (χ0) is 23.3. The number of amides is 2. The van der Waals surface area contributed by atoms with Crippen LogP contribution >= 0.6 is 11.8 Å². The van der Waals surface area contributed by atoms with Gasteiger partial charge >= 0.3 is 5.97 Å². The number of thioether (sulfide) groups is 1. The van der Waals surface area contributed by atoms with Crippen molar-refractivity contribution in [3.05, 3.63) is 53.8 Å². The standard InChI is InChI=1S/C20H16F3N3O5S/c1-10(30-16(28)9-32-20-26-12-4-2-3-5-14(12)31-20)19(29)24-8-15(27)25-13-7-6-11(21)17(22)18(13)23/h2-7,10H,8-9H2,1H3,(H,24,29)(H,25,27). The summed E-state index contributed by atoms with van der Waals surface area (Å²) < 4.78 is 50.1. The van der Waals surface area contributed by atoms with Crippen LogP contribution in [0.3, 0.4) is 0 Å². The third-order valence-electron chi connectivity index (χ3n) is 4.00. The Hall–Kier alpha value is -3.54. The third-order valence-corrected chi connectivity index (χ3v) is 4.80. The summed E-state index contributed by atoms with van der Waals surface area (Å²) in [7, 11) is 0. The Labute approximate surface area is 183 Å². The molecule has 168 valence electrons. The molecule has 0 saturated carbocycles. The first kappa shape index (κ1) is 23.1. The summed E-state index contributed by atoms with van der Waals surface area (Å²) in [6.07, 6.45) is -1.22. The maximum absolute atomic E-state index is 13.6. The number of nitrogens with one attached hydrogen (secondary N) is 2. The Morgan fingerprint density at radius 3 is 2.62 bits per heavy atom. The van der Waals surface area contributed by atoms with Gasteiger partial charge in [0.05, 0.1) is 12.2 Å². The number of carbonyl (C=O) groups excluding carboxylic acids is 3. The van der Waals surface area contributed by atoms with Crippen LogP contribution in [0, 0.1) is 17.5 Å². The molecule has 1 aromatic heterocycles. The predicted octanol–water partition coefficient (Wildman–Crippen LogP) is 3.02. The molecule has 0 spiro atoms. The van der Waals surface area contributed by atoms with Crippen molar-refractivity contribution in [3.63, 3.8) is 0 Å². The van der Waals surface area contributed by atoms with Crippen LogP contribution in [-0.4, -0.2) is 41.2 Å². The number of aromatic nitrogens is 1. The molecule has 3 aromatic rings. The van der Waals surface area contributed by atoms with Gasteiger partial charge in [0.2, 0.25) is 5.91 Å². The zero-order valence-electron chi connectivity index (χ0n) is 16.5. The average Bonchev–Trinajstić information content (AvgIpc) is 3.19. The molecule has 0 aliphatic rings. The van der Waals surface area contributed by atoms with Gasteiger partial charge in [-0.1, -0.05) is 23.9 Å². The van der Waals surface area contributed by atoms with Crippen molar-refractivity contribution >= 4 is 46.3 Å². The molecular weight excluding hydrogens is 451 g/mol. The fourth-order valence-electron chi connectivity index (χ4n) is 2.45. The average molecular weight is 467 g/mol. The van der Waals surface area contributed by atoms with E-state index in [9.17, 15) is 27.6 Å². The van der Waals surface area contributed by atoms with Gasteiger partial charge in [-0.3, -0.25) is 14.4 Å². The van der Waals surface area contributed by atoms with Crippen molar-refractivity contribution < 1.29 is 36.7 Å². The van der Waals surface area contributed by atoms with Gasteiger partial charge in [-0.05, 0) is 31.2 Å². The minimum Gasteiger partial charge on any atom is -0.452 e. The van der Waals surface area contributed by atoms with Crippen molar-refractivity contribution in [1.29, 1.82) is 0 Å². The van der Waals surface area contributed by atoms with E-state index in [2.05, 4.69) is 10.3 Å². The number of hydrogen-bond donors (Lipinski definition) is 2. The number of benzene rings is 2. The first-order valence-electron chi connectivity index (χ1n) is 9.13. The number of ether oxygens (including phenoxy) is 1. The number of para-hydroxylation sites is 2. The van der Waals surface area contributed by atoms with Crippen molar-refractivity contribution in [2.75, 3.05) is 17.6 Å². The van der Waals surface area contributed by atoms with E-state index in [4.69, 9.17) is 9.15 Å². The Morgan fingerprint density at radius 1 is 1.12 bits per heavy atom. The van der Waals surface area contributed by atoms with Gasteiger partial charge in [-0.25, -0.2) is 18.2 Å². The monoisotopic (exact) mass is 467 g/mol. The topological polar surface area (TPSA) is 111 Å². The van der Waals surface area contributed by atoms with Gasteiger partial charge in [-0.2, -0.15) is 0 Å². The first-order chi connectivity index (χ1) is 15.2.